The molecule has 1 saturated heterocycles. The number of carbonyl (C=O) groups is 4. The van der Waals surface area contributed by atoms with E-state index < -0.39 is 30.3 Å². The van der Waals surface area contributed by atoms with Crippen molar-refractivity contribution in [1.29, 1.82) is 0 Å². The number of ether oxygens (including phenoxy) is 2. The van der Waals surface area contributed by atoms with E-state index in [2.05, 4.69) is 5.32 Å². The van der Waals surface area contributed by atoms with Crippen LogP contribution in [-0.2, 0) is 14.4 Å². The Bertz CT molecular complexity index is 963. The van der Waals surface area contributed by atoms with Gasteiger partial charge in [0.15, 0.2) is 11.5 Å². The Morgan fingerprint density at radius 2 is 1.87 bits per heavy atom. The van der Waals surface area contributed by atoms with Gasteiger partial charge in [0.1, 0.15) is 19.8 Å². The zero-order valence-electron chi connectivity index (χ0n) is 17.3. The Kier molecular flexibility index (Phi) is 4.83. The molecule has 4 atom stereocenters. The Morgan fingerprint density at radius 1 is 1.10 bits per heavy atom. The van der Waals surface area contributed by atoms with Crippen molar-refractivity contribution < 1.29 is 28.7 Å². The summed E-state index contributed by atoms with van der Waals surface area (Å²) in [4.78, 5) is 52.3. The molecule has 0 unspecified atom stereocenters. The van der Waals surface area contributed by atoms with Crippen molar-refractivity contribution in [2.45, 2.75) is 38.6 Å². The third-order valence-electron chi connectivity index (χ3n) is 7.03. The Morgan fingerprint density at radius 3 is 2.58 bits per heavy atom. The summed E-state index contributed by atoms with van der Waals surface area (Å²) in [6.45, 7) is 2.20. The normalized spacial score (nSPS) is 27.8. The van der Waals surface area contributed by atoms with Crippen molar-refractivity contribution in [2.75, 3.05) is 25.1 Å². The maximum absolute atomic E-state index is 12.9. The maximum atomic E-state index is 12.9. The Hall–Kier alpha value is -3.10. The fraction of sp³-hybridized carbons (Fsp3) is 0.545. The number of amides is 5. The summed E-state index contributed by atoms with van der Waals surface area (Å²) >= 11 is 0. The third-order valence-corrected chi connectivity index (χ3v) is 7.03. The van der Waals surface area contributed by atoms with Crippen LogP contribution in [0, 0.1) is 17.8 Å². The number of nitrogens with zero attached hydrogens (tertiary/aromatic N) is 2. The zero-order valence-corrected chi connectivity index (χ0v) is 17.3. The van der Waals surface area contributed by atoms with Gasteiger partial charge in [0.25, 0.3) is 0 Å². The molecule has 164 valence electrons. The summed E-state index contributed by atoms with van der Waals surface area (Å²) < 4.78 is 10.9. The lowest BCUT2D eigenvalue weighted by atomic mass is 9.83. The first-order valence-corrected chi connectivity index (χ1v) is 10.8. The maximum Gasteiger partial charge on any atom is 0.334 e. The molecule has 9 heteroatoms. The molecule has 0 aromatic heterocycles. The van der Waals surface area contributed by atoms with Crippen LogP contribution in [0.15, 0.2) is 18.2 Å². The minimum Gasteiger partial charge on any atom is -0.486 e. The predicted molar refractivity (Wildman–Crippen MR) is 108 cm³/mol. The van der Waals surface area contributed by atoms with Crippen LogP contribution >= 0.6 is 0 Å². The fourth-order valence-corrected chi connectivity index (χ4v) is 5.56. The van der Waals surface area contributed by atoms with Crippen LogP contribution in [-0.4, -0.2) is 59.4 Å². The van der Waals surface area contributed by atoms with Crippen molar-refractivity contribution in [3.05, 3.63) is 18.2 Å². The SMILES string of the molecule is C[C@@H]([C@@H]1C[C@H]2CC[C@H]1C2)N1C(=O)C(=O)N(CC(=O)Nc2ccc3c(c2)OCCO3)C1=O. The Labute approximate surface area is 179 Å². The van der Waals surface area contributed by atoms with Crippen molar-refractivity contribution in [3.8, 4) is 11.5 Å². The quantitative estimate of drug-likeness (QED) is 0.569. The number of fused-ring (bicyclic) bond motifs is 3. The molecule has 3 fully saturated rings. The van der Waals surface area contributed by atoms with E-state index >= 15 is 0 Å². The molecule has 2 heterocycles. The minimum atomic E-state index is -0.947. The van der Waals surface area contributed by atoms with Crippen molar-refractivity contribution in [3.63, 3.8) is 0 Å². The average Bonchev–Trinajstić information content (AvgIpc) is 3.45. The first kappa shape index (κ1) is 19.8. The van der Waals surface area contributed by atoms with E-state index in [9.17, 15) is 19.2 Å². The number of hydrogen-bond donors (Lipinski definition) is 1. The van der Waals surface area contributed by atoms with Crippen LogP contribution in [0.1, 0.15) is 32.6 Å². The van der Waals surface area contributed by atoms with Crippen molar-refractivity contribution in [2.24, 2.45) is 17.8 Å². The smallest absolute Gasteiger partial charge is 0.334 e. The molecule has 1 N–H and O–H groups in total. The standard InChI is InChI=1S/C22H25N3O6/c1-12(16-9-13-2-3-14(16)8-13)25-21(28)20(27)24(22(25)29)11-19(26)23-15-4-5-17-18(10-15)31-7-6-30-17/h4-5,10,12-14,16H,2-3,6-9,11H2,1H3,(H,23,26)/t12-,13-,14-,16-/m0/s1. The lowest BCUT2D eigenvalue weighted by molar-refractivity contribution is -0.144. The second-order valence-corrected chi connectivity index (χ2v) is 8.83. The van der Waals surface area contributed by atoms with Crippen LogP contribution < -0.4 is 14.8 Å². The molecule has 31 heavy (non-hydrogen) atoms. The molecule has 2 saturated carbocycles. The van der Waals surface area contributed by atoms with Crippen molar-refractivity contribution >= 4 is 29.4 Å². The highest BCUT2D eigenvalue weighted by atomic mass is 16.6. The molecule has 5 amide bonds. The van der Waals surface area contributed by atoms with Gasteiger partial charge in [-0.3, -0.25) is 19.3 Å². The molecular weight excluding hydrogens is 402 g/mol. The molecule has 2 aliphatic heterocycles. The third kappa shape index (κ3) is 3.41. The topological polar surface area (TPSA) is 105 Å². The molecule has 9 nitrogen and oxygen atoms in total. The van der Waals surface area contributed by atoms with E-state index in [1.807, 2.05) is 6.92 Å². The highest BCUT2D eigenvalue weighted by Gasteiger charge is 2.52. The average molecular weight is 427 g/mol. The van der Waals surface area contributed by atoms with Crippen LogP contribution in [0.5, 0.6) is 11.5 Å². The second-order valence-electron chi connectivity index (χ2n) is 8.83. The molecule has 0 radical (unpaired) electrons. The molecule has 2 aliphatic carbocycles. The van der Waals surface area contributed by atoms with Crippen LogP contribution in [0.4, 0.5) is 10.5 Å². The molecule has 1 aromatic rings. The van der Waals surface area contributed by atoms with E-state index in [0.717, 1.165) is 29.1 Å². The van der Waals surface area contributed by atoms with Gasteiger partial charge < -0.3 is 14.8 Å². The molecule has 1 aromatic carbocycles. The van der Waals surface area contributed by atoms with E-state index in [1.54, 1.807) is 18.2 Å². The van der Waals surface area contributed by atoms with Gasteiger partial charge in [0, 0.05) is 17.8 Å². The zero-order chi connectivity index (χ0) is 21.7. The number of rotatable bonds is 5. The van der Waals surface area contributed by atoms with Crippen LogP contribution in [0.3, 0.4) is 0 Å². The van der Waals surface area contributed by atoms with Gasteiger partial charge in [-0.1, -0.05) is 6.42 Å². The van der Waals surface area contributed by atoms with Gasteiger partial charge in [0.05, 0.1) is 0 Å². The predicted octanol–water partition coefficient (Wildman–Crippen LogP) is 2.01. The van der Waals surface area contributed by atoms with Crippen LogP contribution in [0.25, 0.3) is 0 Å². The largest absolute Gasteiger partial charge is 0.486 e. The number of carbonyl (C=O) groups excluding carboxylic acids is 4. The summed E-state index contributed by atoms with van der Waals surface area (Å²) in [5, 5.41) is 2.65. The van der Waals surface area contributed by atoms with Gasteiger partial charge in [-0.05, 0) is 56.1 Å². The van der Waals surface area contributed by atoms with Gasteiger partial charge in [0.2, 0.25) is 5.91 Å². The number of anilines is 1. The van der Waals surface area contributed by atoms with Crippen LogP contribution in [0.2, 0.25) is 0 Å². The van der Waals surface area contributed by atoms with E-state index in [0.29, 0.717) is 42.2 Å². The van der Waals surface area contributed by atoms with Gasteiger partial charge >= 0.3 is 17.8 Å². The number of imide groups is 2. The lowest BCUT2D eigenvalue weighted by Gasteiger charge is -2.32. The molecule has 5 rings (SSSR count). The van der Waals surface area contributed by atoms with Gasteiger partial charge in [-0.25, -0.2) is 9.69 Å². The molecule has 4 aliphatic rings. The lowest BCUT2D eigenvalue weighted by Crippen LogP contribution is -2.45. The summed E-state index contributed by atoms with van der Waals surface area (Å²) in [5.41, 5.74) is 0.451. The monoisotopic (exact) mass is 427 g/mol. The molecule has 2 bridgehead atoms. The van der Waals surface area contributed by atoms with Crippen molar-refractivity contribution in [1.82, 2.24) is 9.80 Å². The molecule has 0 spiro atoms. The number of nitrogens with one attached hydrogen (secondary N) is 1. The summed E-state index contributed by atoms with van der Waals surface area (Å²) in [6.07, 6.45) is 4.45. The molecular formula is C22H25N3O6. The van der Waals surface area contributed by atoms with E-state index in [1.165, 1.54) is 6.42 Å². The highest BCUT2D eigenvalue weighted by Crippen LogP contribution is 2.50. The summed E-state index contributed by atoms with van der Waals surface area (Å²) in [7, 11) is 0. The summed E-state index contributed by atoms with van der Waals surface area (Å²) in [5.74, 6) is 0.136. The Balaban J connectivity index is 1.25. The summed E-state index contributed by atoms with van der Waals surface area (Å²) in [6, 6.07) is 3.90. The van der Waals surface area contributed by atoms with Gasteiger partial charge in [-0.2, -0.15) is 0 Å². The number of hydrogen-bond acceptors (Lipinski definition) is 6. The first-order chi connectivity index (χ1) is 14.9. The first-order valence-electron chi connectivity index (χ1n) is 10.8. The highest BCUT2D eigenvalue weighted by molar-refractivity contribution is 6.45. The van der Waals surface area contributed by atoms with Gasteiger partial charge in [-0.15, -0.1) is 0 Å². The second kappa shape index (κ2) is 7.55. The minimum absolute atomic E-state index is 0.228. The van der Waals surface area contributed by atoms with E-state index in [-0.39, 0.29) is 12.0 Å². The fourth-order valence-electron chi connectivity index (χ4n) is 5.56. The number of benzene rings is 1. The van der Waals surface area contributed by atoms with E-state index in [4.69, 9.17) is 9.47 Å². The number of urea groups is 1.